The Morgan fingerprint density at radius 3 is 1.54 bits per heavy atom. The maximum atomic E-state index is 6.53. The van der Waals surface area contributed by atoms with Crippen LogP contribution in [0.25, 0.3) is 46.4 Å². The number of halogens is 2. The van der Waals surface area contributed by atoms with Gasteiger partial charge >= 0.3 is 0 Å². The molecule has 8 bridgehead atoms. The molecule has 26 heavy (non-hydrogen) atoms. The van der Waals surface area contributed by atoms with Gasteiger partial charge in [-0.05, 0) is 60.7 Å². The van der Waals surface area contributed by atoms with Crippen molar-refractivity contribution in [2.24, 2.45) is 0 Å². The van der Waals surface area contributed by atoms with Crippen LogP contribution in [0.3, 0.4) is 0 Å². The van der Waals surface area contributed by atoms with Crippen LogP contribution in [0, 0.1) is 0 Å². The second-order valence-electron chi connectivity index (χ2n) is 6.08. The predicted molar refractivity (Wildman–Crippen MR) is 109 cm³/mol. The van der Waals surface area contributed by atoms with E-state index in [0.29, 0.717) is 10.0 Å². The van der Waals surface area contributed by atoms with Crippen LogP contribution in [0.5, 0.6) is 0 Å². The minimum atomic E-state index is 0.580. The molecule has 0 radical (unpaired) electrons. The molecule has 2 aliphatic rings. The molecule has 3 aromatic heterocycles. The number of fused-ring (bicyclic) bond motifs is 8. The van der Waals surface area contributed by atoms with Crippen LogP contribution in [0.15, 0.2) is 36.4 Å². The SMILES string of the molecule is Clc1c2nc(cc3ccc([nH]3)c(Cl)c3nc(cc4ccc1[nH]4)C=C3)C=C2. The smallest absolute Gasteiger partial charge is 0.0897 e. The zero-order valence-corrected chi connectivity index (χ0v) is 14.9. The standard InChI is InChI=1S/C20H12Cl2N4/c21-19-15-5-1-11(23-15)9-12-2-6-17(24-12)20(22)18-8-4-14(26-18)10-13-3-7-16(19)25-13/h1-10,23,26H. The van der Waals surface area contributed by atoms with Gasteiger partial charge in [0.25, 0.3) is 0 Å². The lowest BCUT2D eigenvalue weighted by atomic mass is 10.3. The molecule has 0 spiro atoms. The average molecular weight is 379 g/mol. The minimum absolute atomic E-state index is 0.580. The van der Waals surface area contributed by atoms with Crippen LogP contribution in [0.1, 0.15) is 22.8 Å². The molecule has 0 aliphatic carbocycles. The molecular formula is C20H12Cl2N4. The number of nitrogens with zero attached hydrogens (tertiary/aromatic N) is 2. The van der Waals surface area contributed by atoms with E-state index in [2.05, 4.69) is 19.9 Å². The number of hydrogen-bond acceptors (Lipinski definition) is 2. The van der Waals surface area contributed by atoms with E-state index in [0.717, 1.165) is 44.8 Å². The quantitative estimate of drug-likeness (QED) is 0.349. The first kappa shape index (κ1) is 15.4. The van der Waals surface area contributed by atoms with Crippen molar-refractivity contribution in [2.45, 2.75) is 0 Å². The lowest BCUT2D eigenvalue weighted by molar-refractivity contribution is 1.31. The lowest BCUT2D eigenvalue weighted by Crippen LogP contribution is -1.78. The van der Waals surface area contributed by atoms with Gasteiger partial charge in [0.05, 0.1) is 43.9 Å². The van der Waals surface area contributed by atoms with E-state index < -0.39 is 0 Å². The van der Waals surface area contributed by atoms with E-state index >= 15 is 0 Å². The van der Waals surface area contributed by atoms with E-state index in [1.54, 1.807) is 0 Å². The van der Waals surface area contributed by atoms with Crippen molar-refractivity contribution in [2.75, 3.05) is 0 Å². The van der Waals surface area contributed by atoms with Crippen molar-refractivity contribution in [1.82, 2.24) is 19.9 Å². The molecule has 3 aromatic rings. The molecule has 126 valence electrons. The third-order valence-corrected chi connectivity index (χ3v) is 5.06. The van der Waals surface area contributed by atoms with Crippen molar-refractivity contribution in [3.8, 4) is 0 Å². The van der Waals surface area contributed by atoms with E-state index in [1.807, 2.05) is 60.7 Å². The maximum absolute atomic E-state index is 6.53. The number of nitrogens with one attached hydrogen (secondary N) is 2. The number of H-pyrrole nitrogens is 2. The Bertz CT molecular complexity index is 1160. The summed E-state index contributed by atoms with van der Waals surface area (Å²) in [6.45, 7) is 0. The Morgan fingerprint density at radius 2 is 1.08 bits per heavy atom. The number of rotatable bonds is 0. The Morgan fingerprint density at radius 1 is 0.615 bits per heavy atom. The molecule has 5 heterocycles. The van der Waals surface area contributed by atoms with Gasteiger partial charge in [0, 0.05) is 11.0 Å². The molecule has 6 heteroatoms. The van der Waals surface area contributed by atoms with Crippen molar-refractivity contribution >= 4 is 69.6 Å². The number of aromatic nitrogens is 4. The molecule has 0 unspecified atom stereocenters. The molecular weight excluding hydrogens is 367 g/mol. The topological polar surface area (TPSA) is 57.4 Å². The van der Waals surface area contributed by atoms with E-state index in [9.17, 15) is 0 Å². The van der Waals surface area contributed by atoms with Crippen LogP contribution in [-0.4, -0.2) is 19.9 Å². The summed E-state index contributed by atoms with van der Waals surface area (Å²) in [5.41, 5.74) is 6.54. The summed E-state index contributed by atoms with van der Waals surface area (Å²) in [6.07, 6.45) is 7.68. The summed E-state index contributed by atoms with van der Waals surface area (Å²) in [5.74, 6) is 0. The summed E-state index contributed by atoms with van der Waals surface area (Å²) in [7, 11) is 0. The summed E-state index contributed by atoms with van der Waals surface area (Å²) in [6, 6.07) is 11.7. The van der Waals surface area contributed by atoms with Gasteiger partial charge in [-0.1, -0.05) is 23.2 Å². The first-order valence-corrected chi connectivity index (χ1v) is 8.83. The van der Waals surface area contributed by atoms with E-state index in [4.69, 9.17) is 23.2 Å². The third kappa shape index (κ3) is 2.64. The molecule has 4 nitrogen and oxygen atoms in total. The zero-order chi connectivity index (χ0) is 17.7. The van der Waals surface area contributed by atoms with Gasteiger partial charge in [-0.3, -0.25) is 0 Å². The second-order valence-corrected chi connectivity index (χ2v) is 6.84. The Hall–Kier alpha value is -2.82. The second kappa shape index (κ2) is 5.87. The molecule has 5 rings (SSSR count). The van der Waals surface area contributed by atoms with Crippen LogP contribution in [0.4, 0.5) is 0 Å². The number of hydrogen-bond donors (Lipinski definition) is 2. The van der Waals surface area contributed by atoms with E-state index in [-0.39, 0.29) is 0 Å². The van der Waals surface area contributed by atoms with Crippen molar-refractivity contribution < 1.29 is 0 Å². The van der Waals surface area contributed by atoms with Crippen LogP contribution in [-0.2, 0) is 0 Å². The highest BCUT2D eigenvalue weighted by molar-refractivity contribution is 6.35. The van der Waals surface area contributed by atoms with Crippen LogP contribution >= 0.6 is 23.2 Å². The van der Waals surface area contributed by atoms with Crippen LogP contribution < -0.4 is 0 Å². The van der Waals surface area contributed by atoms with Gasteiger partial charge in [-0.25, -0.2) is 9.97 Å². The van der Waals surface area contributed by atoms with Gasteiger partial charge in [0.2, 0.25) is 0 Å². The highest BCUT2D eigenvalue weighted by Gasteiger charge is 2.08. The van der Waals surface area contributed by atoms with Gasteiger partial charge in [-0.15, -0.1) is 0 Å². The molecule has 2 aliphatic heterocycles. The Kier molecular flexibility index (Phi) is 3.48. The lowest BCUT2D eigenvalue weighted by Gasteiger charge is -1.91. The maximum Gasteiger partial charge on any atom is 0.0897 e. The normalized spacial score (nSPS) is 12.7. The Labute approximate surface area is 158 Å². The fourth-order valence-corrected chi connectivity index (χ4v) is 3.44. The molecule has 0 saturated heterocycles. The molecule has 0 aromatic carbocycles. The monoisotopic (exact) mass is 378 g/mol. The summed E-state index contributed by atoms with van der Waals surface area (Å²) in [5, 5.41) is 1.16. The van der Waals surface area contributed by atoms with Crippen LogP contribution in [0.2, 0.25) is 10.0 Å². The molecule has 0 fully saturated rings. The largest absolute Gasteiger partial charge is 0.354 e. The minimum Gasteiger partial charge on any atom is -0.354 e. The fraction of sp³-hybridized carbons (Fsp3) is 0. The van der Waals surface area contributed by atoms with Crippen molar-refractivity contribution in [3.63, 3.8) is 0 Å². The number of aromatic amines is 2. The molecule has 0 atom stereocenters. The summed E-state index contributed by atoms with van der Waals surface area (Å²) < 4.78 is 0. The van der Waals surface area contributed by atoms with Gasteiger partial charge in [-0.2, -0.15) is 0 Å². The fourth-order valence-electron chi connectivity index (χ4n) is 3.00. The highest BCUT2D eigenvalue weighted by Crippen LogP contribution is 2.26. The zero-order valence-electron chi connectivity index (χ0n) is 13.4. The predicted octanol–water partition coefficient (Wildman–Crippen LogP) is 5.96. The Balaban J connectivity index is 1.91. The van der Waals surface area contributed by atoms with Crippen molar-refractivity contribution in [3.05, 3.63) is 69.2 Å². The van der Waals surface area contributed by atoms with Crippen molar-refractivity contribution in [1.29, 1.82) is 0 Å². The van der Waals surface area contributed by atoms with Gasteiger partial charge < -0.3 is 9.97 Å². The third-order valence-electron chi connectivity index (χ3n) is 4.27. The first-order valence-electron chi connectivity index (χ1n) is 8.07. The van der Waals surface area contributed by atoms with E-state index in [1.165, 1.54) is 0 Å². The summed E-state index contributed by atoms with van der Waals surface area (Å²) >= 11 is 13.1. The first-order chi connectivity index (χ1) is 12.7. The van der Waals surface area contributed by atoms with Gasteiger partial charge in [0.15, 0.2) is 0 Å². The average Bonchev–Trinajstić information content (AvgIpc) is 3.41. The molecule has 2 N–H and O–H groups in total. The molecule has 0 amide bonds. The molecule has 0 saturated carbocycles. The highest BCUT2D eigenvalue weighted by atomic mass is 35.5. The summed E-state index contributed by atoms with van der Waals surface area (Å²) in [4.78, 5) is 15.8. The van der Waals surface area contributed by atoms with Gasteiger partial charge in [0.1, 0.15) is 0 Å².